The lowest BCUT2D eigenvalue weighted by Gasteiger charge is -2.39. The Morgan fingerprint density at radius 1 is 1.07 bits per heavy atom. The molecule has 30 heavy (non-hydrogen) atoms. The van der Waals surface area contributed by atoms with Crippen molar-refractivity contribution in [2.45, 2.75) is 50.2 Å². The lowest BCUT2D eigenvalue weighted by Crippen LogP contribution is -2.47. The van der Waals surface area contributed by atoms with E-state index in [4.69, 9.17) is 4.74 Å². The summed E-state index contributed by atoms with van der Waals surface area (Å²) >= 11 is 0. The van der Waals surface area contributed by atoms with Crippen LogP contribution in [0.15, 0.2) is 54.9 Å². The molecule has 1 aromatic heterocycles. The molecule has 2 amide bonds. The van der Waals surface area contributed by atoms with Crippen molar-refractivity contribution in [3.8, 4) is 0 Å². The Hall–Kier alpha value is -2.73. The third-order valence-electron chi connectivity index (χ3n) is 6.24. The van der Waals surface area contributed by atoms with Gasteiger partial charge in [-0.1, -0.05) is 30.3 Å². The van der Waals surface area contributed by atoms with Crippen molar-refractivity contribution in [1.29, 1.82) is 0 Å². The van der Waals surface area contributed by atoms with Crippen molar-refractivity contribution in [3.63, 3.8) is 0 Å². The van der Waals surface area contributed by atoms with Crippen molar-refractivity contribution >= 4 is 11.8 Å². The SMILES string of the molecule is O=C(CCc1ccccc1)NCC1CCC2(CCN(C(=O)c3ccncc3)CC2)O1. The first-order chi connectivity index (χ1) is 14.6. The molecule has 6 nitrogen and oxygen atoms in total. The molecule has 2 aliphatic rings. The van der Waals surface area contributed by atoms with Crippen molar-refractivity contribution in [1.82, 2.24) is 15.2 Å². The number of carbonyl (C=O) groups excluding carboxylic acids is 2. The average Bonchev–Trinajstić information content (AvgIpc) is 3.20. The normalized spacial score (nSPS) is 20.3. The van der Waals surface area contributed by atoms with E-state index in [9.17, 15) is 9.59 Å². The number of aryl methyl sites for hydroxylation is 1. The zero-order chi connectivity index (χ0) is 20.8. The third kappa shape index (κ3) is 5.05. The maximum Gasteiger partial charge on any atom is 0.253 e. The van der Waals surface area contributed by atoms with Gasteiger partial charge in [-0.25, -0.2) is 0 Å². The molecule has 4 rings (SSSR count). The first kappa shape index (κ1) is 20.5. The molecule has 2 saturated heterocycles. The molecule has 2 aliphatic heterocycles. The summed E-state index contributed by atoms with van der Waals surface area (Å²) < 4.78 is 6.37. The standard InChI is InChI=1S/C24H29N3O3/c28-22(7-6-19-4-2-1-3-5-19)26-18-21-8-11-24(30-21)12-16-27(17-13-24)23(29)20-9-14-25-15-10-20/h1-5,9-10,14-15,21H,6-8,11-13,16-18H2,(H,26,28). The number of aromatic nitrogens is 1. The van der Waals surface area contributed by atoms with Crippen LogP contribution in [0.4, 0.5) is 0 Å². The highest BCUT2D eigenvalue weighted by Crippen LogP contribution is 2.39. The molecule has 0 radical (unpaired) electrons. The number of carbonyl (C=O) groups is 2. The number of benzene rings is 1. The summed E-state index contributed by atoms with van der Waals surface area (Å²) in [6.45, 7) is 1.98. The minimum Gasteiger partial charge on any atom is -0.370 e. The van der Waals surface area contributed by atoms with E-state index in [-0.39, 0.29) is 23.5 Å². The molecule has 0 saturated carbocycles. The van der Waals surface area contributed by atoms with Gasteiger partial charge in [-0.2, -0.15) is 0 Å². The van der Waals surface area contributed by atoms with Crippen LogP contribution in [0.1, 0.15) is 48.0 Å². The molecule has 2 fully saturated rings. The summed E-state index contributed by atoms with van der Waals surface area (Å²) in [4.78, 5) is 30.7. The van der Waals surface area contributed by atoms with E-state index in [0.29, 0.717) is 31.6 Å². The number of rotatable bonds is 6. The topological polar surface area (TPSA) is 71.5 Å². The number of pyridine rings is 1. The van der Waals surface area contributed by atoms with Gasteiger partial charge in [-0.15, -0.1) is 0 Å². The van der Waals surface area contributed by atoms with Crippen molar-refractivity contribution < 1.29 is 14.3 Å². The molecule has 1 spiro atoms. The molecular formula is C24H29N3O3. The molecule has 0 bridgehead atoms. The van der Waals surface area contributed by atoms with E-state index in [1.54, 1.807) is 24.5 Å². The van der Waals surface area contributed by atoms with Gasteiger partial charge in [0.2, 0.25) is 5.91 Å². The third-order valence-corrected chi connectivity index (χ3v) is 6.24. The Kier molecular flexibility index (Phi) is 6.43. The number of likely N-dealkylation sites (tertiary alicyclic amines) is 1. The first-order valence-corrected chi connectivity index (χ1v) is 10.8. The smallest absolute Gasteiger partial charge is 0.253 e. The number of ether oxygens (including phenoxy) is 1. The molecule has 1 aromatic carbocycles. The highest BCUT2D eigenvalue weighted by atomic mass is 16.5. The van der Waals surface area contributed by atoms with Gasteiger partial charge in [-0.05, 0) is 49.8 Å². The van der Waals surface area contributed by atoms with Crippen LogP contribution in [0, 0.1) is 0 Å². The van der Waals surface area contributed by atoms with Gasteiger partial charge < -0.3 is 15.0 Å². The lowest BCUT2D eigenvalue weighted by atomic mass is 9.88. The molecule has 0 aliphatic carbocycles. The summed E-state index contributed by atoms with van der Waals surface area (Å²) in [6, 6.07) is 13.6. The quantitative estimate of drug-likeness (QED) is 0.799. The largest absolute Gasteiger partial charge is 0.370 e. The van der Waals surface area contributed by atoms with Crippen LogP contribution < -0.4 is 5.32 Å². The Morgan fingerprint density at radius 2 is 1.80 bits per heavy atom. The first-order valence-electron chi connectivity index (χ1n) is 10.8. The van der Waals surface area contributed by atoms with Crippen molar-refractivity contribution in [2.24, 2.45) is 0 Å². The van der Waals surface area contributed by atoms with Gasteiger partial charge in [0.15, 0.2) is 0 Å². The fraction of sp³-hybridized carbons (Fsp3) is 0.458. The Labute approximate surface area is 177 Å². The minimum atomic E-state index is -0.144. The fourth-order valence-electron chi connectivity index (χ4n) is 4.42. The van der Waals surface area contributed by atoms with Gasteiger partial charge in [0.25, 0.3) is 5.91 Å². The molecule has 1 N–H and O–H groups in total. The average molecular weight is 408 g/mol. The van der Waals surface area contributed by atoms with Gasteiger partial charge >= 0.3 is 0 Å². The molecule has 1 unspecified atom stereocenters. The molecule has 3 heterocycles. The van der Waals surface area contributed by atoms with Crippen LogP contribution in [0.3, 0.4) is 0 Å². The summed E-state index contributed by atoms with van der Waals surface area (Å²) in [7, 11) is 0. The maximum absolute atomic E-state index is 12.6. The number of nitrogens with zero attached hydrogens (tertiary/aromatic N) is 2. The Balaban J connectivity index is 1.19. The number of hydrogen-bond acceptors (Lipinski definition) is 4. The van der Waals surface area contributed by atoms with Gasteiger partial charge in [0.05, 0.1) is 11.7 Å². The van der Waals surface area contributed by atoms with Gasteiger partial charge in [-0.3, -0.25) is 14.6 Å². The lowest BCUT2D eigenvalue weighted by molar-refractivity contribution is -0.122. The van der Waals surface area contributed by atoms with Gasteiger partial charge in [0, 0.05) is 44.0 Å². The van der Waals surface area contributed by atoms with Crippen molar-refractivity contribution in [2.75, 3.05) is 19.6 Å². The second kappa shape index (κ2) is 9.39. The number of hydrogen-bond donors (Lipinski definition) is 1. The van der Waals surface area contributed by atoms with E-state index in [1.165, 1.54) is 5.56 Å². The van der Waals surface area contributed by atoms with E-state index >= 15 is 0 Å². The van der Waals surface area contributed by atoms with E-state index in [0.717, 1.165) is 32.1 Å². The predicted molar refractivity (Wildman–Crippen MR) is 114 cm³/mol. The van der Waals surface area contributed by atoms with Crippen LogP contribution in [0.25, 0.3) is 0 Å². The number of amides is 2. The second-order valence-electron chi connectivity index (χ2n) is 8.28. The minimum absolute atomic E-state index is 0.0625. The second-order valence-corrected chi connectivity index (χ2v) is 8.28. The van der Waals surface area contributed by atoms with Crippen LogP contribution in [-0.2, 0) is 16.0 Å². The molecular weight excluding hydrogens is 378 g/mol. The molecule has 2 aromatic rings. The van der Waals surface area contributed by atoms with Crippen molar-refractivity contribution in [3.05, 3.63) is 66.0 Å². The summed E-state index contributed by atoms with van der Waals surface area (Å²) in [5.74, 6) is 0.133. The van der Waals surface area contributed by atoms with Crippen LogP contribution in [0.2, 0.25) is 0 Å². The van der Waals surface area contributed by atoms with Crippen LogP contribution >= 0.6 is 0 Å². The fourth-order valence-corrected chi connectivity index (χ4v) is 4.42. The summed E-state index contributed by atoms with van der Waals surface area (Å²) in [5.41, 5.74) is 1.72. The molecule has 1 atom stereocenters. The zero-order valence-electron chi connectivity index (χ0n) is 17.3. The van der Waals surface area contributed by atoms with E-state index in [2.05, 4.69) is 10.3 Å². The van der Waals surface area contributed by atoms with Gasteiger partial charge in [0.1, 0.15) is 0 Å². The van der Waals surface area contributed by atoms with Crippen LogP contribution in [-0.4, -0.2) is 53.0 Å². The molecule has 6 heteroatoms. The highest BCUT2D eigenvalue weighted by Gasteiger charge is 2.43. The summed E-state index contributed by atoms with van der Waals surface area (Å²) in [5, 5.41) is 3.03. The number of piperidine rings is 1. The Bertz CT molecular complexity index is 849. The van der Waals surface area contributed by atoms with E-state index in [1.807, 2.05) is 35.2 Å². The predicted octanol–water partition coefficient (Wildman–Crippen LogP) is 2.98. The zero-order valence-corrected chi connectivity index (χ0v) is 17.3. The monoisotopic (exact) mass is 407 g/mol. The highest BCUT2D eigenvalue weighted by molar-refractivity contribution is 5.94. The van der Waals surface area contributed by atoms with Crippen LogP contribution in [0.5, 0.6) is 0 Å². The molecule has 158 valence electrons. The Morgan fingerprint density at radius 3 is 2.53 bits per heavy atom. The summed E-state index contributed by atoms with van der Waals surface area (Å²) in [6.07, 6.45) is 8.26. The van der Waals surface area contributed by atoms with E-state index < -0.39 is 0 Å². The maximum atomic E-state index is 12.6. The number of nitrogens with one attached hydrogen (secondary N) is 1.